The third kappa shape index (κ3) is 2.48. The van der Waals surface area contributed by atoms with Gasteiger partial charge in [-0.3, -0.25) is 4.79 Å². The van der Waals surface area contributed by atoms with Gasteiger partial charge in [-0.1, -0.05) is 24.3 Å². The van der Waals surface area contributed by atoms with Crippen LogP contribution in [-0.2, 0) is 4.79 Å². The summed E-state index contributed by atoms with van der Waals surface area (Å²) >= 11 is 0. The second kappa shape index (κ2) is 3.69. The number of allylic oxidation sites excluding steroid dienone is 6. The van der Waals surface area contributed by atoms with Gasteiger partial charge in [0.1, 0.15) is 5.76 Å². The third-order valence-electron chi connectivity index (χ3n) is 1.64. The van der Waals surface area contributed by atoms with E-state index in [9.17, 15) is 18.0 Å². The van der Waals surface area contributed by atoms with Crippen molar-refractivity contribution in [2.45, 2.75) is 12.6 Å². The molecule has 0 aromatic carbocycles. The SMILES string of the molecule is O=C(CC(O)=C1C=CC=C1)C(F)(F)F. The fraction of sp³-hybridized carbons (Fsp3) is 0.222. The first kappa shape index (κ1) is 10.6. The zero-order chi connectivity index (χ0) is 10.8. The fourth-order valence-electron chi connectivity index (χ4n) is 0.921. The van der Waals surface area contributed by atoms with Crippen molar-refractivity contribution in [2.75, 3.05) is 0 Å². The molecule has 0 aromatic rings. The maximum atomic E-state index is 11.8. The van der Waals surface area contributed by atoms with Crippen molar-refractivity contribution in [3.8, 4) is 0 Å². The van der Waals surface area contributed by atoms with Gasteiger partial charge in [0, 0.05) is 5.57 Å². The molecule has 1 aliphatic rings. The molecule has 0 amide bonds. The highest BCUT2D eigenvalue weighted by molar-refractivity contribution is 5.86. The third-order valence-corrected chi connectivity index (χ3v) is 1.64. The van der Waals surface area contributed by atoms with Crippen LogP contribution in [0.3, 0.4) is 0 Å². The van der Waals surface area contributed by atoms with E-state index in [0.29, 0.717) is 0 Å². The molecule has 0 heterocycles. The fourth-order valence-corrected chi connectivity index (χ4v) is 0.921. The summed E-state index contributed by atoms with van der Waals surface area (Å²) in [6.45, 7) is 0. The molecule has 2 nitrogen and oxygen atoms in total. The Morgan fingerprint density at radius 1 is 1.29 bits per heavy atom. The van der Waals surface area contributed by atoms with Gasteiger partial charge in [-0.15, -0.1) is 0 Å². The second-order valence-electron chi connectivity index (χ2n) is 2.72. The Balaban J connectivity index is 2.71. The Kier molecular flexibility index (Phi) is 2.78. The molecule has 14 heavy (non-hydrogen) atoms. The van der Waals surface area contributed by atoms with E-state index in [1.807, 2.05) is 0 Å². The number of Topliss-reactive ketones (excluding diaryl/α,β-unsaturated/α-hetero) is 1. The molecule has 1 aliphatic carbocycles. The number of aliphatic hydroxyl groups is 1. The lowest BCUT2D eigenvalue weighted by atomic mass is 10.1. The number of alkyl halides is 3. The van der Waals surface area contributed by atoms with Crippen molar-refractivity contribution in [2.24, 2.45) is 0 Å². The largest absolute Gasteiger partial charge is 0.511 e. The van der Waals surface area contributed by atoms with E-state index in [1.54, 1.807) is 12.2 Å². The molecule has 0 atom stereocenters. The van der Waals surface area contributed by atoms with E-state index in [1.165, 1.54) is 12.2 Å². The maximum absolute atomic E-state index is 11.8. The van der Waals surface area contributed by atoms with Crippen LogP contribution >= 0.6 is 0 Å². The predicted molar refractivity (Wildman–Crippen MR) is 43.6 cm³/mol. The van der Waals surface area contributed by atoms with E-state index < -0.39 is 24.1 Å². The van der Waals surface area contributed by atoms with Crippen molar-refractivity contribution in [1.29, 1.82) is 0 Å². The first-order chi connectivity index (χ1) is 6.41. The van der Waals surface area contributed by atoms with Crippen LogP contribution in [0.15, 0.2) is 35.6 Å². The number of carbonyl (C=O) groups excluding carboxylic acids is 1. The van der Waals surface area contributed by atoms with Gasteiger partial charge in [-0.25, -0.2) is 0 Å². The minimum Gasteiger partial charge on any atom is -0.511 e. The van der Waals surface area contributed by atoms with E-state index in [0.717, 1.165) is 0 Å². The molecular formula is C9H7F3O2. The van der Waals surface area contributed by atoms with Crippen LogP contribution in [0.1, 0.15) is 6.42 Å². The number of ketones is 1. The van der Waals surface area contributed by atoms with Crippen LogP contribution in [0.4, 0.5) is 13.2 Å². The number of hydrogen-bond donors (Lipinski definition) is 1. The van der Waals surface area contributed by atoms with E-state index >= 15 is 0 Å². The van der Waals surface area contributed by atoms with Gasteiger partial charge in [0.15, 0.2) is 0 Å². The second-order valence-corrected chi connectivity index (χ2v) is 2.72. The van der Waals surface area contributed by atoms with Crippen LogP contribution in [0.2, 0.25) is 0 Å². The standard InChI is InChI=1S/C9H7F3O2/c10-9(11,12)8(14)5-7(13)6-3-1-2-4-6/h1-4,13H,5H2. The first-order valence-corrected chi connectivity index (χ1v) is 3.78. The summed E-state index contributed by atoms with van der Waals surface area (Å²) in [4.78, 5) is 10.5. The Morgan fingerprint density at radius 2 is 1.79 bits per heavy atom. The number of rotatable bonds is 2. The van der Waals surface area contributed by atoms with Crippen molar-refractivity contribution >= 4 is 5.78 Å². The first-order valence-electron chi connectivity index (χ1n) is 3.78. The smallest absolute Gasteiger partial charge is 0.450 e. The summed E-state index contributed by atoms with van der Waals surface area (Å²) in [5.41, 5.74) is 0.239. The van der Waals surface area contributed by atoms with Gasteiger partial charge >= 0.3 is 6.18 Å². The van der Waals surface area contributed by atoms with Crippen molar-refractivity contribution in [3.63, 3.8) is 0 Å². The quantitative estimate of drug-likeness (QED) is 0.701. The van der Waals surface area contributed by atoms with Gasteiger partial charge in [0.25, 0.3) is 0 Å². The monoisotopic (exact) mass is 204 g/mol. The zero-order valence-electron chi connectivity index (χ0n) is 7.01. The lowest BCUT2D eigenvalue weighted by Crippen LogP contribution is -2.23. The molecule has 0 saturated carbocycles. The minimum atomic E-state index is -4.89. The highest BCUT2D eigenvalue weighted by Gasteiger charge is 2.38. The number of carbonyl (C=O) groups is 1. The van der Waals surface area contributed by atoms with Gasteiger partial charge in [0.05, 0.1) is 6.42 Å². The highest BCUT2D eigenvalue weighted by atomic mass is 19.4. The van der Waals surface area contributed by atoms with Crippen LogP contribution in [-0.4, -0.2) is 17.1 Å². The molecule has 0 spiro atoms. The predicted octanol–water partition coefficient (Wildman–Crippen LogP) is 2.45. The molecule has 0 unspecified atom stereocenters. The zero-order valence-corrected chi connectivity index (χ0v) is 7.01. The normalized spacial score (nSPS) is 14.9. The molecule has 1 rings (SSSR count). The van der Waals surface area contributed by atoms with Crippen LogP contribution < -0.4 is 0 Å². The van der Waals surface area contributed by atoms with Gasteiger partial charge < -0.3 is 5.11 Å². The van der Waals surface area contributed by atoms with E-state index in [4.69, 9.17) is 5.11 Å². The Bertz CT molecular complexity index is 320. The van der Waals surface area contributed by atoms with Crippen LogP contribution in [0, 0.1) is 0 Å². The maximum Gasteiger partial charge on any atom is 0.450 e. The van der Waals surface area contributed by atoms with Crippen LogP contribution in [0.25, 0.3) is 0 Å². The van der Waals surface area contributed by atoms with Crippen molar-refractivity contribution in [1.82, 2.24) is 0 Å². The molecule has 0 aromatic heterocycles. The molecule has 1 N–H and O–H groups in total. The average Bonchev–Trinajstić information content (AvgIpc) is 2.53. The summed E-state index contributed by atoms with van der Waals surface area (Å²) in [7, 11) is 0. The van der Waals surface area contributed by atoms with Crippen LogP contribution in [0.5, 0.6) is 0 Å². The average molecular weight is 204 g/mol. The van der Waals surface area contributed by atoms with Crippen molar-refractivity contribution < 1.29 is 23.1 Å². The summed E-state index contributed by atoms with van der Waals surface area (Å²) in [6.07, 6.45) is 0.0826. The number of hydrogen-bond acceptors (Lipinski definition) is 2. The minimum absolute atomic E-state index is 0.239. The summed E-state index contributed by atoms with van der Waals surface area (Å²) in [6, 6.07) is 0. The molecule has 76 valence electrons. The van der Waals surface area contributed by atoms with Gasteiger partial charge in [0.2, 0.25) is 5.78 Å². The Morgan fingerprint density at radius 3 is 2.21 bits per heavy atom. The molecule has 0 bridgehead atoms. The molecule has 5 heteroatoms. The Hall–Kier alpha value is -1.52. The molecule has 0 fully saturated rings. The molecular weight excluding hydrogens is 197 g/mol. The van der Waals surface area contributed by atoms with Crippen molar-refractivity contribution in [3.05, 3.63) is 35.6 Å². The topological polar surface area (TPSA) is 37.3 Å². The highest BCUT2D eigenvalue weighted by Crippen LogP contribution is 2.22. The Labute approximate surface area is 78.0 Å². The molecule has 0 aliphatic heterocycles. The van der Waals surface area contributed by atoms with Gasteiger partial charge in [-0.2, -0.15) is 13.2 Å². The lowest BCUT2D eigenvalue weighted by Gasteiger charge is -2.05. The summed E-state index contributed by atoms with van der Waals surface area (Å²) < 4.78 is 35.3. The summed E-state index contributed by atoms with van der Waals surface area (Å²) in [5.74, 6) is -2.51. The molecule has 0 radical (unpaired) electrons. The summed E-state index contributed by atoms with van der Waals surface area (Å²) in [5, 5.41) is 9.14. The molecule has 0 saturated heterocycles. The van der Waals surface area contributed by atoms with E-state index in [2.05, 4.69) is 0 Å². The number of aliphatic hydroxyl groups excluding tert-OH is 1. The van der Waals surface area contributed by atoms with E-state index in [-0.39, 0.29) is 5.57 Å². The van der Waals surface area contributed by atoms with Gasteiger partial charge in [-0.05, 0) is 0 Å². The number of halogens is 3. The lowest BCUT2D eigenvalue weighted by molar-refractivity contribution is -0.170.